The number of hydrogen-bond donors (Lipinski definition) is 0. The van der Waals surface area contributed by atoms with Gasteiger partial charge in [0.25, 0.3) is 0 Å². The molecule has 0 spiro atoms. The summed E-state index contributed by atoms with van der Waals surface area (Å²) in [6.45, 7) is 7.38. The number of aliphatic carboxylic acids is 2. The van der Waals surface area contributed by atoms with Crippen molar-refractivity contribution in [1.29, 1.82) is 0 Å². The summed E-state index contributed by atoms with van der Waals surface area (Å²) in [5.74, 6) is -2.42. The van der Waals surface area contributed by atoms with Gasteiger partial charge in [0.05, 0.1) is 11.9 Å². The SMILES string of the molecule is C1CCCCCCCCC1.C1CCCCCCCCC1.C1CCCCCCCCC1.C1CCCCCCCCC1.C1CCCCCCCCC1.C1CCCCCCCCC1.C=C(C)C(=O)[O-].C=CC(=O)[O-]. The molecule has 6 rings (SSSR count). The molecule has 0 aromatic carbocycles. The third-order valence-corrected chi connectivity index (χ3v) is 15.5. The maximum atomic E-state index is 9.49. The maximum absolute atomic E-state index is 9.49. The number of carboxylic acid groups (broad SMARTS) is 2. The van der Waals surface area contributed by atoms with Crippen LogP contribution in [-0.2, 0) is 9.59 Å². The largest absolute Gasteiger partial charge is 0.545 e. The predicted molar refractivity (Wildman–Crippen MR) is 312 cm³/mol. The van der Waals surface area contributed by atoms with E-state index in [4.69, 9.17) is 9.90 Å². The Bertz CT molecular complexity index is 669. The lowest BCUT2D eigenvalue weighted by molar-refractivity contribution is -0.299. The minimum Gasteiger partial charge on any atom is -0.545 e. The fourth-order valence-corrected chi connectivity index (χ4v) is 10.6. The summed E-state index contributed by atoms with van der Waals surface area (Å²) in [4.78, 5) is 18.6. The van der Waals surface area contributed by atoms with Crippen LogP contribution in [0.5, 0.6) is 0 Å². The van der Waals surface area contributed by atoms with Crippen molar-refractivity contribution in [3.63, 3.8) is 0 Å². The average Bonchev–Trinajstić information content (AvgIpc) is 3.41. The van der Waals surface area contributed by atoms with Gasteiger partial charge in [-0.3, -0.25) is 0 Å². The molecule has 0 radical (unpaired) electrons. The smallest absolute Gasteiger partial charge is 0.0666 e. The van der Waals surface area contributed by atoms with E-state index < -0.39 is 11.9 Å². The van der Waals surface area contributed by atoms with Crippen LogP contribution in [0, 0.1) is 0 Å². The summed E-state index contributed by atoms with van der Waals surface area (Å²) in [7, 11) is 0. The first-order chi connectivity index (χ1) is 34.9. The zero-order chi connectivity index (χ0) is 51.9. The van der Waals surface area contributed by atoms with Gasteiger partial charge in [-0.15, -0.1) is 0 Å². The molecule has 4 nitrogen and oxygen atoms in total. The molecule has 4 heteroatoms. The van der Waals surface area contributed by atoms with E-state index >= 15 is 0 Å². The second-order valence-electron chi connectivity index (χ2n) is 22.8. The molecule has 0 atom stereocenters. The minimum absolute atomic E-state index is 0.0648. The van der Waals surface area contributed by atoms with Crippen LogP contribution in [0.1, 0.15) is 392 Å². The number of carboxylic acids is 2. The average molecular weight is 998 g/mol. The Hall–Kier alpha value is -1.58. The van der Waals surface area contributed by atoms with E-state index in [9.17, 15) is 9.90 Å². The summed E-state index contributed by atoms with van der Waals surface area (Å²) in [6, 6.07) is 0. The van der Waals surface area contributed by atoms with E-state index in [0.717, 1.165) is 6.08 Å². The summed E-state index contributed by atoms with van der Waals surface area (Å²) in [5.41, 5.74) is 0.0648. The fraction of sp³-hybridized carbons (Fsp3) is 0.910. The topological polar surface area (TPSA) is 80.3 Å². The van der Waals surface area contributed by atoms with Gasteiger partial charge in [-0.25, -0.2) is 0 Å². The fourth-order valence-electron chi connectivity index (χ4n) is 10.6. The van der Waals surface area contributed by atoms with E-state index in [1.54, 1.807) is 0 Å². The number of carbonyl (C=O) groups excluding carboxylic acids is 2. The molecule has 0 heterocycles. The zero-order valence-electron chi connectivity index (χ0n) is 48.6. The molecule has 0 aromatic heterocycles. The molecule has 0 bridgehead atoms. The van der Waals surface area contributed by atoms with E-state index in [1.807, 2.05) is 0 Å². The van der Waals surface area contributed by atoms with Crippen LogP contribution in [-0.4, -0.2) is 11.9 Å². The van der Waals surface area contributed by atoms with Crippen molar-refractivity contribution >= 4 is 11.9 Å². The van der Waals surface area contributed by atoms with Gasteiger partial charge in [-0.05, 0) is 18.6 Å². The molecule has 6 saturated carbocycles. The van der Waals surface area contributed by atoms with Gasteiger partial charge in [-0.1, -0.05) is 398 Å². The van der Waals surface area contributed by atoms with E-state index in [1.165, 1.54) is 392 Å². The van der Waals surface area contributed by atoms with E-state index in [-0.39, 0.29) is 5.57 Å². The lowest BCUT2D eigenvalue weighted by atomic mass is 10.0. The molecular formula is C67H128O4-2. The highest BCUT2D eigenvalue weighted by Gasteiger charge is 2.01. The van der Waals surface area contributed by atoms with Gasteiger partial charge in [0.15, 0.2) is 0 Å². The van der Waals surface area contributed by atoms with Gasteiger partial charge < -0.3 is 19.8 Å². The Morgan fingerprint density at radius 2 is 0.282 bits per heavy atom. The van der Waals surface area contributed by atoms with Gasteiger partial charge in [0, 0.05) is 0 Å². The van der Waals surface area contributed by atoms with Gasteiger partial charge >= 0.3 is 0 Å². The minimum atomic E-state index is -1.23. The van der Waals surface area contributed by atoms with Gasteiger partial charge in [-0.2, -0.15) is 0 Å². The highest BCUT2D eigenvalue weighted by Crippen LogP contribution is 2.20. The summed E-state index contributed by atoms with van der Waals surface area (Å²) in [6.07, 6.45) is 90.7. The molecule has 0 N–H and O–H groups in total. The standard InChI is InChI=1S/6C10H20.C4H6O2.C3H4O2/c6*1-2-4-6-8-10-9-7-5-3-1;1-3(2)4(5)6;1-2-3(4)5/h6*1-10H2;1H2,2H3,(H,5,6);2H,1H2,(H,4,5)/p-2. The molecule has 422 valence electrons. The van der Waals surface area contributed by atoms with Crippen molar-refractivity contribution in [3.8, 4) is 0 Å². The second-order valence-corrected chi connectivity index (χ2v) is 22.8. The normalized spacial score (nSPS) is 21.4. The Morgan fingerprint density at radius 3 is 0.296 bits per heavy atom. The summed E-state index contributed by atoms with van der Waals surface area (Å²) < 4.78 is 0. The lowest BCUT2D eigenvalue weighted by Crippen LogP contribution is -2.22. The third-order valence-electron chi connectivity index (χ3n) is 15.5. The monoisotopic (exact) mass is 997 g/mol. The molecule has 0 aromatic rings. The van der Waals surface area contributed by atoms with Crippen LogP contribution in [0.3, 0.4) is 0 Å². The first kappa shape index (κ1) is 71.5. The van der Waals surface area contributed by atoms with Crippen molar-refractivity contribution in [2.45, 2.75) is 392 Å². The Labute approximate surface area is 446 Å². The van der Waals surface area contributed by atoms with Crippen LogP contribution in [0.15, 0.2) is 24.8 Å². The van der Waals surface area contributed by atoms with E-state index in [0.29, 0.717) is 0 Å². The Balaban J connectivity index is 0. The highest BCUT2D eigenvalue weighted by molar-refractivity contribution is 5.82. The molecular weight excluding hydrogens is 869 g/mol. The van der Waals surface area contributed by atoms with Gasteiger partial charge in [0.1, 0.15) is 0 Å². The van der Waals surface area contributed by atoms with Crippen molar-refractivity contribution in [2.75, 3.05) is 0 Å². The van der Waals surface area contributed by atoms with Crippen molar-refractivity contribution in [3.05, 3.63) is 24.8 Å². The van der Waals surface area contributed by atoms with Crippen LogP contribution in [0.4, 0.5) is 0 Å². The van der Waals surface area contributed by atoms with Crippen molar-refractivity contribution in [1.82, 2.24) is 0 Å². The molecule has 0 aliphatic heterocycles. The van der Waals surface area contributed by atoms with Crippen LogP contribution < -0.4 is 10.2 Å². The number of rotatable bonds is 2. The summed E-state index contributed by atoms with van der Waals surface area (Å²) >= 11 is 0. The predicted octanol–water partition coefficient (Wildman–Crippen LogP) is 21.6. The van der Waals surface area contributed by atoms with Gasteiger partial charge in [0.2, 0.25) is 0 Å². The molecule has 71 heavy (non-hydrogen) atoms. The van der Waals surface area contributed by atoms with Crippen LogP contribution in [0.2, 0.25) is 0 Å². The first-order valence-electron chi connectivity index (χ1n) is 32.6. The van der Waals surface area contributed by atoms with E-state index in [2.05, 4.69) is 13.2 Å². The molecule has 6 aliphatic rings. The van der Waals surface area contributed by atoms with Crippen molar-refractivity contribution < 1.29 is 19.8 Å². The molecule has 0 unspecified atom stereocenters. The Kier molecular flexibility index (Phi) is 66.9. The first-order valence-corrected chi connectivity index (χ1v) is 32.6. The third kappa shape index (κ3) is 72.7. The molecule has 6 aliphatic carbocycles. The summed E-state index contributed by atoms with van der Waals surface area (Å²) in [5, 5.41) is 18.6. The highest BCUT2D eigenvalue weighted by atomic mass is 16.4. The molecule has 6 fully saturated rings. The van der Waals surface area contributed by atoms with Crippen LogP contribution in [0.25, 0.3) is 0 Å². The quantitative estimate of drug-likeness (QED) is 0.258. The number of carbonyl (C=O) groups is 2. The second kappa shape index (κ2) is 66.4. The maximum Gasteiger partial charge on any atom is 0.0666 e. The molecule has 0 amide bonds. The Morgan fingerprint density at radius 1 is 0.239 bits per heavy atom. The zero-order valence-corrected chi connectivity index (χ0v) is 48.6. The van der Waals surface area contributed by atoms with Crippen LogP contribution >= 0.6 is 0 Å². The number of hydrogen-bond acceptors (Lipinski definition) is 4. The lowest BCUT2D eigenvalue weighted by Gasteiger charge is -2.05. The molecule has 0 saturated heterocycles. The van der Waals surface area contributed by atoms with Crippen molar-refractivity contribution in [2.24, 2.45) is 0 Å².